The van der Waals surface area contributed by atoms with Crippen molar-refractivity contribution in [2.75, 3.05) is 14.2 Å². The van der Waals surface area contributed by atoms with Crippen molar-refractivity contribution in [2.45, 2.75) is 0 Å². The maximum absolute atomic E-state index is 10.4. The van der Waals surface area contributed by atoms with Crippen molar-refractivity contribution in [3.05, 3.63) is 0 Å². The van der Waals surface area contributed by atoms with E-state index in [0.29, 0.717) is 20.8 Å². The molecule has 0 saturated heterocycles. The molecule has 0 aliphatic carbocycles. The van der Waals surface area contributed by atoms with Gasteiger partial charge in [-0.25, -0.2) is 5.14 Å². The van der Waals surface area contributed by atoms with Crippen LogP contribution in [-0.4, -0.2) is 28.7 Å². The van der Waals surface area contributed by atoms with E-state index in [-0.39, 0.29) is 6.08 Å². The Labute approximate surface area is 77.9 Å². The third-order valence-corrected chi connectivity index (χ3v) is 4.29. The molecule has 0 saturated carbocycles. The Hall–Kier alpha value is -0.120. The smallest absolute Gasteiger partial charge is 0.395 e. The lowest BCUT2D eigenvalue weighted by Crippen LogP contribution is -2.04. The van der Waals surface area contributed by atoms with Gasteiger partial charge in [-0.1, -0.05) is 0 Å². The number of nitrogens with zero attached hydrogens (tertiary/aromatic N) is 1. The number of hydrogen-bond donors (Lipinski definition) is 1. The SMILES string of the molecule is COC(=NSSS(N)(=O)=O)OC. The van der Waals surface area contributed by atoms with E-state index in [1.165, 1.54) is 14.2 Å². The molecule has 12 heavy (non-hydrogen) atoms. The molecular formula is C3H8N2O4S3. The number of methoxy groups -OCH3 is 2. The van der Waals surface area contributed by atoms with Crippen LogP contribution in [0.15, 0.2) is 4.40 Å². The van der Waals surface area contributed by atoms with Crippen LogP contribution in [0.2, 0.25) is 0 Å². The highest BCUT2D eigenvalue weighted by atomic mass is 33.5. The van der Waals surface area contributed by atoms with E-state index in [9.17, 15) is 8.42 Å². The Bertz CT molecular complexity index is 242. The lowest BCUT2D eigenvalue weighted by molar-refractivity contribution is 0.245. The van der Waals surface area contributed by atoms with Crippen LogP contribution in [0.3, 0.4) is 0 Å². The Balaban J connectivity index is 3.89. The average Bonchev–Trinajstić information content (AvgIpc) is 1.96. The van der Waals surface area contributed by atoms with Gasteiger partial charge in [0.25, 0.3) is 9.06 Å². The van der Waals surface area contributed by atoms with Crippen molar-refractivity contribution < 1.29 is 17.9 Å². The fourth-order valence-corrected chi connectivity index (χ4v) is 2.14. The quantitative estimate of drug-likeness (QED) is 0.322. The second kappa shape index (κ2) is 5.51. The molecule has 0 amide bonds. The number of nitrogens with two attached hydrogens (primary N) is 1. The van der Waals surface area contributed by atoms with E-state index in [4.69, 9.17) is 0 Å². The molecule has 2 N–H and O–H groups in total. The van der Waals surface area contributed by atoms with Crippen molar-refractivity contribution in [2.24, 2.45) is 9.54 Å². The summed E-state index contributed by atoms with van der Waals surface area (Å²) in [4.78, 5) is 0. The van der Waals surface area contributed by atoms with Crippen molar-refractivity contribution >= 4 is 35.9 Å². The Morgan fingerprint density at radius 1 is 1.42 bits per heavy atom. The highest BCUT2D eigenvalue weighted by Crippen LogP contribution is 2.26. The van der Waals surface area contributed by atoms with Gasteiger partial charge in [-0.05, 0) is 0 Å². The Kier molecular flexibility index (Phi) is 5.46. The summed E-state index contributed by atoms with van der Waals surface area (Å²) in [5, 5.41) is 4.67. The van der Waals surface area contributed by atoms with Gasteiger partial charge in [0.05, 0.1) is 35.0 Å². The van der Waals surface area contributed by atoms with Crippen molar-refractivity contribution in [3.63, 3.8) is 0 Å². The molecule has 0 aliphatic heterocycles. The first-order valence-corrected chi connectivity index (χ1v) is 6.70. The van der Waals surface area contributed by atoms with E-state index < -0.39 is 9.06 Å². The molecule has 0 atom stereocenters. The summed E-state index contributed by atoms with van der Waals surface area (Å²) in [6.07, 6.45) is -0.0175. The zero-order valence-corrected chi connectivity index (χ0v) is 8.83. The predicted octanol–water partition coefficient (Wildman–Crippen LogP) is 0.135. The zero-order valence-electron chi connectivity index (χ0n) is 6.38. The molecule has 0 rings (SSSR count). The van der Waals surface area contributed by atoms with Gasteiger partial charge in [0.2, 0.25) is 0 Å². The highest BCUT2D eigenvalue weighted by molar-refractivity contribution is 9.06. The van der Waals surface area contributed by atoms with E-state index in [2.05, 4.69) is 19.0 Å². The molecule has 0 aromatic carbocycles. The number of rotatable bonds is 3. The summed E-state index contributed by atoms with van der Waals surface area (Å²) in [6.45, 7) is 0. The van der Waals surface area contributed by atoms with Gasteiger partial charge in [-0.15, -0.1) is 4.40 Å². The third kappa shape index (κ3) is 6.58. The fourth-order valence-electron chi connectivity index (χ4n) is 0.246. The van der Waals surface area contributed by atoms with Crippen LogP contribution in [0.5, 0.6) is 0 Å². The van der Waals surface area contributed by atoms with E-state index in [0.717, 1.165) is 0 Å². The molecule has 0 aromatic heterocycles. The molecule has 0 bridgehead atoms. The van der Waals surface area contributed by atoms with Crippen molar-refractivity contribution in [3.8, 4) is 0 Å². The third-order valence-electron chi connectivity index (χ3n) is 0.586. The Morgan fingerprint density at radius 3 is 2.25 bits per heavy atom. The number of hydrogen-bond acceptors (Lipinski definition) is 7. The molecule has 0 unspecified atom stereocenters. The van der Waals surface area contributed by atoms with Crippen LogP contribution in [0.4, 0.5) is 0 Å². The summed E-state index contributed by atoms with van der Waals surface area (Å²) in [5.41, 5.74) is 0. The molecule has 0 fully saturated rings. The van der Waals surface area contributed by atoms with Crippen LogP contribution < -0.4 is 5.14 Å². The van der Waals surface area contributed by atoms with Gasteiger partial charge in [-0.3, -0.25) is 0 Å². The largest absolute Gasteiger partial charge is 0.453 e. The lowest BCUT2D eigenvalue weighted by atomic mass is 11.2. The van der Waals surface area contributed by atoms with Crippen molar-refractivity contribution in [1.82, 2.24) is 0 Å². The fraction of sp³-hybridized carbons (Fsp3) is 0.667. The standard InChI is InChI=1S/C3H8N2O4S3/c1-8-3(9-2)5-10-11-12(4,6)7/h1-2H3,(H2,4,6,7). The van der Waals surface area contributed by atoms with E-state index in [1.807, 2.05) is 0 Å². The minimum absolute atomic E-state index is 0.0175. The molecule has 0 aromatic rings. The molecule has 0 aliphatic rings. The first-order valence-electron chi connectivity index (χ1n) is 2.53. The monoisotopic (exact) mass is 232 g/mol. The summed E-state index contributed by atoms with van der Waals surface area (Å²) in [5.74, 6) is 0. The second-order valence-corrected chi connectivity index (χ2v) is 6.33. The zero-order chi connectivity index (χ0) is 9.61. The first kappa shape index (κ1) is 11.9. The molecule has 6 nitrogen and oxygen atoms in total. The van der Waals surface area contributed by atoms with Gasteiger partial charge >= 0.3 is 6.08 Å². The van der Waals surface area contributed by atoms with Gasteiger partial charge in [0.15, 0.2) is 0 Å². The van der Waals surface area contributed by atoms with Crippen LogP contribution in [0.25, 0.3) is 0 Å². The van der Waals surface area contributed by atoms with Crippen LogP contribution in [0, 0.1) is 0 Å². The van der Waals surface area contributed by atoms with Gasteiger partial charge in [-0.2, -0.15) is 8.42 Å². The average molecular weight is 232 g/mol. The van der Waals surface area contributed by atoms with Crippen molar-refractivity contribution in [1.29, 1.82) is 0 Å². The predicted molar refractivity (Wildman–Crippen MR) is 49.7 cm³/mol. The summed E-state index contributed by atoms with van der Waals surface area (Å²) in [7, 11) is 0.200. The summed E-state index contributed by atoms with van der Waals surface area (Å²) in [6, 6.07) is 0. The molecule has 0 radical (unpaired) electrons. The van der Waals surface area contributed by atoms with Gasteiger partial charge < -0.3 is 9.47 Å². The van der Waals surface area contributed by atoms with E-state index in [1.54, 1.807) is 0 Å². The normalized spacial score (nSPS) is 10.6. The minimum Gasteiger partial charge on any atom is -0.453 e. The number of ether oxygens (including phenoxy) is 2. The van der Waals surface area contributed by atoms with Crippen LogP contribution >= 0.6 is 20.8 Å². The van der Waals surface area contributed by atoms with E-state index >= 15 is 0 Å². The van der Waals surface area contributed by atoms with Gasteiger partial charge in [0.1, 0.15) is 0 Å². The summed E-state index contributed by atoms with van der Waals surface area (Å²) < 4.78 is 33.4. The maximum atomic E-state index is 10.4. The first-order chi connectivity index (χ1) is 5.49. The maximum Gasteiger partial charge on any atom is 0.395 e. The van der Waals surface area contributed by atoms with Gasteiger partial charge in [0, 0.05) is 0 Å². The molecule has 0 spiro atoms. The second-order valence-electron chi connectivity index (χ2n) is 1.40. The highest BCUT2D eigenvalue weighted by Gasteiger charge is 2.04. The minimum atomic E-state index is -3.57. The Morgan fingerprint density at radius 2 is 1.92 bits per heavy atom. The topological polar surface area (TPSA) is 91.0 Å². The van der Waals surface area contributed by atoms with Crippen LogP contribution in [-0.2, 0) is 18.5 Å². The summed E-state index contributed by atoms with van der Waals surface area (Å²) >= 11 is 0. The molecular weight excluding hydrogens is 224 g/mol. The molecule has 0 heterocycles. The van der Waals surface area contributed by atoms with Crippen LogP contribution in [0.1, 0.15) is 0 Å². The molecule has 72 valence electrons. The molecule has 9 heteroatoms. The lowest BCUT2D eigenvalue weighted by Gasteiger charge is -1.99.